The van der Waals surface area contributed by atoms with Crippen LogP contribution in [0.5, 0.6) is 0 Å². The number of aliphatic carboxylic acids is 1. The third-order valence-electron chi connectivity index (χ3n) is 2.38. The van der Waals surface area contributed by atoms with Gasteiger partial charge in [-0.1, -0.05) is 99.9 Å². The molecule has 0 aromatic heterocycles. The van der Waals surface area contributed by atoms with E-state index in [4.69, 9.17) is 69.6 Å². The summed E-state index contributed by atoms with van der Waals surface area (Å²) in [4.78, 5) is 11.6. The van der Waals surface area contributed by atoms with Crippen molar-refractivity contribution in [2.45, 2.75) is 13.0 Å². The van der Waals surface area contributed by atoms with E-state index in [-0.39, 0.29) is 5.56 Å². The zero-order valence-electron chi connectivity index (χ0n) is 8.51. The zero-order valence-corrected chi connectivity index (χ0v) is 13.0. The van der Waals surface area contributed by atoms with Gasteiger partial charge in [0.15, 0.2) is 5.41 Å². The number of hydrogen-bond acceptors (Lipinski definition) is 1. The highest BCUT2D eigenvalue weighted by molar-refractivity contribution is 6.75. The largest absolute Gasteiger partial charge is 0.480 e. The lowest BCUT2D eigenvalue weighted by Gasteiger charge is -2.41. The van der Waals surface area contributed by atoms with Gasteiger partial charge in [-0.25, -0.2) is 0 Å². The van der Waals surface area contributed by atoms with Crippen molar-refractivity contribution < 1.29 is 9.90 Å². The van der Waals surface area contributed by atoms with Crippen molar-refractivity contribution in [3.8, 4) is 0 Å². The molecule has 0 bridgehead atoms. The van der Waals surface area contributed by atoms with Crippen LogP contribution < -0.4 is 0 Å². The van der Waals surface area contributed by atoms with Crippen LogP contribution in [0.4, 0.5) is 0 Å². The molecule has 0 atom stereocenters. The molecule has 0 saturated carbocycles. The van der Waals surface area contributed by atoms with Gasteiger partial charge in [-0.2, -0.15) is 0 Å². The lowest BCUT2D eigenvalue weighted by Crippen LogP contribution is -2.56. The maximum atomic E-state index is 11.6. The minimum atomic E-state index is -2.36. The Morgan fingerprint density at radius 3 is 1.56 bits per heavy atom. The summed E-state index contributed by atoms with van der Waals surface area (Å²) < 4.78 is -4.71. The van der Waals surface area contributed by atoms with E-state index in [1.807, 2.05) is 0 Å². The molecular formula is C10H6Cl6O2. The standard InChI is InChI=1S/C10H6Cl6O2/c11-9(12,13)8(7(17)18,10(14,15)16)6-4-2-1-3-5-6/h1-5H,(H,17,18). The molecule has 0 aliphatic heterocycles. The molecule has 8 heteroatoms. The highest BCUT2D eigenvalue weighted by atomic mass is 35.6. The molecule has 100 valence electrons. The van der Waals surface area contributed by atoms with E-state index in [0.717, 1.165) is 0 Å². The number of halogens is 6. The second-order valence-corrected chi connectivity index (χ2v) is 7.98. The molecule has 1 N–H and O–H groups in total. The Hall–Kier alpha value is 0.430. The van der Waals surface area contributed by atoms with Crippen LogP contribution in [0.2, 0.25) is 0 Å². The number of rotatable bonds is 2. The molecule has 0 aliphatic rings. The van der Waals surface area contributed by atoms with Crippen LogP contribution in [0.15, 0.2) is 30.3 Å². The maximum Gasteiger partial charge on any atom is 0.323 e. The molecule has 18 heavy (non-hydrogen) atoms. The van der Waals surface area contributed by atoms with Crippen LogP contribution in [0, 0.1) is 0 Å². The van der Waals surface area contributed by atoms with Crippen molar-refractivity contribution in [3.63, 3.8) is 0 Å². The number of carboxylic acids is 1. The van der Waals surface area contributed by atoms with Crippen LogP contribution in [0.3, 0.4) is 0 Å². The summed E-state index contributed by atoms with van der Waals surface area (Å²) in [6, 6.07) is 7.60. The number of carbonyl (C=O) groups is 1. The Kier molecular flexibility index (Phi) is 4.97. The second-order valence-electron chi connectivity index (χ2n) is 3.42. The first-order chi connectivity index (χ1) is 8.05. The monoisotopic (exact) mass is 368 g/mol. The van der Waals surface area contributed by atoms with Gasteiger partial charge in [-0.3, -0.25) is 4.79 Å². The number of carboxylic acid groups (broad SMARTS) is 1. The second kappa shape index (κ2) is 5.43. The van der Waals surface area contributed by atoms with Gasteiger partial charge in [0, 0.05) is 0 Å². The summed E-state index contributed by atoms with van der Waals surface area (Å²) in [5, 5.41) is 9.44. The van der Waals surface area contributed by atoms with Crippen molar-refractivity contribution in [2.75, 3.05) is 0 Å². The molecule has 0 saturated heterocycles. The minimum absolute atomic E-state index is 0.0810. The average molecular weight is 371 g/mol. The molecule has 1 aromatic carbocycles. The van der Waals surface area contributed by atoms with Crippen LogP contribution in [0.25, 0.3) is 0 Å². The third kappa shape index (κ3) is 2.65. The van der Waals surface area contributed by atoms with E-state index in [9.17, 15) is 9.90 Å². The Morgan fingerprint density at radius 1 is 0.889 bits per heavy atom. The SMILES string of the molecule is O=C(O)C(c1ccccc1)(C(Cl)(Cl)Cl)C(Cl)(Cl)Cl. The molecular weight excluding hydrogens is 365 g/mol. The van der Waals surface area contributed by atoms with Gasteiger partial charge in [0.2, 0.25) is 7.59 Å². The van der Waals surface area contributed by atoms with Crippen molar-refractivity contribution >= 4 is 75.6 Å². The topological polar surface area (TPSA) is 37.3 Å². The first-order valence-corrected chi connectivity index (χ1v) is 6.74. The normalized spacial score (nSPS) is 13.4. The van der Waals surface area contributed by atoms with Crippen molar-refractivity contribution in [1.82, 2.24) is 0 Å². The fourth-order valence-electron chi connectivity index (χ4n) is 1.54. The summed E-state index contributed by atoms with van der Waals surface area (Å²) in [5.41, 5.74) is -2.24. The Labute approximate surface area is 134 Å². The number of alkyl halides is 6. The molecule has 2 nitrogen and oxygen atoms in total. The van der Waals surface area contributed by atoms with E-state index in [1.165, 1.54) is 12.1 Å². The summed E-state index contributed by atoms with van der Waals surface area (Å²) in [7, 11) is 0. The minimum Gasteiger partial charge on any atom is -0.480 e. The van der Waals surface area contributed by atoms with Crippen molar-refractivity contribution in [3.05, 3.63) is 35.9 Å². The van der Waals surface area contributed by atoms with Gasteiger partial charge in [0.1, 0.15) is 0 Å². The number of benzene rings is 1. The Morgan fingerprint density at radius 2 is 1.28 bits per heavy atom. The quantitative estimate of drug-likeness (QED) is 0.763. The maximum absolute atomic E-state index is 11.6. The summed E-state index contributed by atoms with van der Waals surface area (Å²) in [5.74, 6) is -1.55. The van der Waals surface area contributed by atoms with Crippen LogP contribution in [-0.2, 0) is 10.2 Å². The highest BCUT2D eigenvalue weighted by Gasteiger charge is 2.67. The summed E-state index contributed by atoms with van der Waals surface area (Å²) in [6.45, 7) is 0. The average Bonchev–Trinajstić information content (AvgIpc) is 2.14. The smallest absolute Gasteiger partial charge is 0.323 e. The van der Waals surface area contributed by atoms with Gasteiger partial charge in [-0.05, 0) is 5.56 Å². The molecule has 0 spiro atoms. The Balaban J connectivity index is 3.67. The van der Waals surface area contributed by atoms with Crippen molar-refractivity contribution in [2.24, 2.45) is 0 Å². The Bertz CT molecular complexity index is 420. The van der Waals surface area contributed by atoms with E-state index in [1.54, 1.807) is 18.2 Å². The molecule has 0 radical (unpaired) electrons. The van der Waals surface area contributed by atoms with Gasteiger partial charge in [-0.15, -0.1) is 0 Å². The summed E-state index contributed by atoms with van der Waals surface area (Å²) in [6.07, 6.45) is 0. The molecule has 0 aliphatic carbocycles. The van der Waals surface area contributed by atoms with Crippen LogP contribution in [0.1, 0.15) is 5.56 Å². The van der Waals surface area contributed by atoms with E-state index in [2.05, 4.69) is 0 Å². The van der Waals surface area contributed by atoms with Crippen LogP contribution in [-0.4, -0.2) is 18.7 Å². The molecule has 0 fully saturated rings. The predicted octanol–water partition coefficient (Wildman–Crippen LogP) is 4.75. The van der Waals surface area contributed by atoms with Gasteiger partial charge < -0.3 is 5.11 Å². The summed E-state index contributed by atoms with van der Waals surface area (Å²) >= 11 is 34.6. The predicted molar refractivity (Wildman–Crippen MR) is 76.3 cm³/mol. The van der Waals surface area contributed by atoms with Gasteiger partial charge in [0.05, 0.1) is 0 Å². The lowest BCUT2D eigenvalue weighted by molar-refractivity contribution is -0.143. The van der Waals surface area contributed by atoms with Gasteiger partial charge >= 0.3 is 5.97 Å². The molecule has 0 heterocycles. The van der Waals surface area contributed by atoms with Crippen LogP contribution >= 0.6 is 69.6 Å². The van der Waals surface area contributed by atoms with Gasteiger partial charge in [0.25, 0.3) is 0 Å². The van der Waals surface area contributed by atoms with Crippen molar-refractivity contribution in [1.29, 1.82) is 0 Å². The first kappa shape index (κ1) is 16.5. The number of hydrogen-bond donors (Lipinski definition) is 1. The lowest BCUT2D eigenvalue weighted by atomic mass is 9.83. The fourth-order valence-corrected chi connectivity index (χ4v) is 3.97. The third-order valence-corrected chi connectivity index (χ3v) is 4.08. The highest BCUT2D eigenvalue weighted by Crippen LogP contribution is 2.58. The van der Waals surface area contributed by atoms with E-state index >= 15 is 0 Å². The first-order valence-electron chi connectivity index (χ1n) is 4.47. The molecule has 0 amide bonds. The molecule has 1 rings (SSSR count). The molecule has 0 unspecified atom stereocenters. The zero-order chi connectivity index (χ0) is 14.2. The molecule has 1 aromatic rings. The fraction of sp³-hybridized carbons (Fsp3) is 0.300. The van der Waals surface area contributed by atoms with E-state index < -0.39 is 19.0 Å². The van der Waals surface area contributed by atoms with E-state index in [0.29, 0.717) is 0 Å².